The van der Waals surface area contributed by atoms with Crippen LogP contribution in [0.1, 0.15) is 83.8 Å². The third-order valence-corrected chi connectivity index (χ3v) is 8.46. The molecule has 4 heterocycles. The van der Waals surface area contributed by atoms with Crippen molar-refractivity contribution in [2.24, 2.45) is 11.3 Å². The van der Waals surface area contributed by atoms with Crippen LogP contribution in [0.2, 0.25) is 0 Å². The van der Waals surface area contributed by atoms with Gasteiger partial charge in [-0.25, -0.2) is 4.98 Å². The zero-order chi connectivity index (χ0) is 24.0. The Hall–Kier alpha value is -1.57. The number of rotatable bonds is 2. The van der Waals surface area contributed by atoms with Crippen molar-refractivity contribution in [3.8, 4) is 0 Å². The van der Waals surface area contributed by atoms with Crippen LogP contribution < -0.4 is 0 Å². The van der Waals surface area contributed by atoms with Crippen molar-refractivity contribution in [2.45, 2.75) is 110 Å². The molecule has 6 nitrogen and oxygen atoms in total. The molecule has 0 N–H and O–H groups in total. The summed E-state index contributed by atoms with van der Waals surface area (Å²) in [6, 6.07) is 0. The van der Waals surface area contributed by atoms with E-state index in [1.54, 1.807) is 11.3 Å². The van der Waals surface area contributed by atoms with E-state index in [1.807, 2.05) is 46.1 Å². The van der Waals surface area contributed by atoms with Crippen molar-refractivity contribution >= 4 is 29.2 Å². The van der Waals surface area contributed by atoms with Gasteiger partial charge < -0.3 is 14.2 Å². The molecule has 3 fully saturated rings. The zero-order valence-corrected chi connectivity index (χ0v) is 21.5. The van der Waals surface area contributed by atoms with Gasteiger partial charge in [0.05, 0.1) is 46.5 Å². The number of ether oxygens (including phenoxy) is 3. The summed E-state index contributed by atoms with van der Waals surface area (Å²) >= 11 is 1.60. The number of carbonyl (C=O) groups excluding carboxylic acids is 2. The van der Waals surface area contributed by atoms with Gasteiger partial charge >= 0.3 is 5.97 Å². The number of cyclic esters (lactones) is 1. The first kappa shape index (κ1) is 24.6. The van der Waals surface area contributed by atoms with Crippen molar-refractivity contribution < 1.29 is 23.8 Å². The summed E-state index contributed by atoms with van der Waals surface area (Å²) in [5, 5.41) is 3.01. The van der Waals surface area contributed by atoms with E-state index in [2.05, 4.69) is 11.9 Å². The number of hydrogen-bond donors (Lipinski definition) is 0. The number of nitrogens with zero attached hydrogens (tertiary/aromatic N) is 1. The number of fused-ring (bicyclic) bond motifs is 3. The third-order valence-electron chi connectivity index (χ3n) is 7.67. The number of esters is 1. The van der Waals surface area contributed by atoms with Gasteiger partial charge in [-0.2, -0.15) is 0 Å². The lowest BCUT2D eigenvalue weighted by atomic mass is 9.76. The van der Waals surface area contributed by atoms with Crippen molar-refractivity contribution in [3.63, 3.8) is 0 Å². The van der Waals surface area contributed by atoms with Crippen molar-refractivity contribution in [1.82, 2.24) is 4.98 Å². The summed E-state index contributed by atoms with van der Waals surface area (Å²) in [7, 11) is 0. The summed E-state index contributed by atoms with van der Waals surface area (Å²) < 4.78 is 18.6. The van der Waals surface area contributed by atoms with E-state index in [1.165, 1.54) is 0 Å². The summed E-state index contributed by atoms with van der Waals surface area (Å²) in [5.74, 6) is -0.249. The highest BCUT2D eigenvalue weighted by Crippen LogP contribution is 2.45. The number of carbonyl (C=O) groups is 2. The Morgan fingerprint density at radius 1 is 1.21 bits per heavy atom. The predicted octanol–water partition coefficient (Wildman–Crippen LogP) is 5.28. The molecule has 0 radical (unpaired) electrons. The molecule has 4 rings (SSSR count). The van der Waals surface area contributed by atoms with E-state index >= 15 is 0 Å². The van der Waals surface area contributed by atoms with Gasteiger partial charge in [-0.3, -0.25) is 9.59 Å². The van der Waals surface area contributed by atoms with Gasteiger partial charge in [0.25, 0.3) is 0 Å². The van der Waals surface area contributed by atoms with Gasteiger partial charge in [-0.1, -0.05) is 20.8 Å². The topological polar surface area (TPSA) is 78.0 Å². The van der Waals surface area contributed by atoms with Gasteiger partial charge in [0.2, 0.25) is 0 Å². The highest BCUT2D eigenvalue weighted by atomic mass is 32.1. The first-order valence-corrected chi connectivity index (χ1v) is 13.0. The van der Waals surface area contributed by atoms with Gasteiger partial charge in [-0.05, 0) is 58.1 Å². The maximum absolute atomic E-state index is 13.1. The first-order chi connectivity index (χ1) is 15.5. The number of epoxide rings is 1. The van der Waals surface area contributed by atoms with Crippen LogP contribution in [0.5, 0.6) is 0 Å². The molecular formula is C26H37NO5S. The zero-order valence-electron chi connectivity index (χ0n) is 20.7. The Morgan fingerprint density at radius 3 is 2.67 bits per heavy atom. The lowest BCUT2D eigenvalue weighted by Crippen LogP contribution is -2.41. The molecule has 7 heteroatoms. The Bertz CT molecular complexity index is 937. The highest BCUT2D eigenvalue weighted by molar-refractivity contribution is 7.09. The summed E-state index contributed by atoms with van der Waals surface area (Å²) in [6.45, 7) is 11.9. The molecule has 0 amide bonds. The molecule has 0 spiro atoms. The van der Waals surface area contributed by atoms with Crippen LogP contribution in [0.4, 0.5) is 0 Å². The van der Waals surface area contributed by atoms with Crippen LogP contribution in [-0.2, 0) is 23.8 Å². The minimum Gasteiger partial charge on any atom is -0.458 e. The van der Waals surface area contributed by atoms with Gasteiger partial charge in [0, 0.05) is 17.7 Å². The Kier molecular flexibility index (Phi) is 6.87. The average molecular weight is 476 g/mol. The van der Waals surface area contributed by atoms with E-state index in [0.717, 1.165) is 35.5 Å². The van der Waals surface area contributed by atoms with Crippen molar-refractivity contribution in [2.75, 3.05) is 0 Å². The summed E-state index contributed by atoms with van der Waals surface area (Å²) in [5.41, 5.74) is 0.901. The number of ketones is 1. The molecule has 3 aliphatic rings. The molecule has 0 saturated carbocycles. The van der Waals surface area contributed by atoms with Gasteiger partial charge in [0.1, 0.15) is 11.9 Å². The second kappa shape index (κ2) is 9.23. The van der Waals surface area contributed by atoms with Crippen LogP contribution in [0, 0.1) is 18.3 Å². The average Bonchev–Trinajstić information content (AvgIpc) is 3.19. The summed E-state index contributed by atoms with van der Waals surface area (Å²) in [4.78, 5) is 30.8. The number of Topliss-reactive ketones (excluding diaryl/α,β-unsaturated/α-hetero) is 1. The molecule has 3 saturated heterocycles. The van der Waals surface area contributed by atoms with E-state index in [9.17, 15) is 9.59 Å². The largest absolute Gasteiger partial charge is 0.458 e. The molecule has 0 aliphatic carbocycles. The van der Waals surface area contributed by atoms with E-state index in [-0.39, 0.29) is 41.9 Å². The quantitative estimate of drug-likeness (QED) is 0.428. The minimum absolute atomic E-state index is 0.0320. The van der Waals surface area contributed by atoms with E-state index in [0.29, 0.717) is 12.8 Å². The molecule has 1 aromatic rings. The fourth-order valence-electron chi connectivity index (χ4n) is 5.38. The molecule has 182 valence electrons. The predicted molar refractivity (Wildman–Crippen MR) is 128 cm³/mol. The Balaban J connectivity index is 1.60. The normalized spacial score (nSPS) is 37.6. The Labute approximate surface area is 201 Å². The molecule has 0 unspecified atom stereocenters. The first-order valence-electron chi connectivity index (χ1n) is 12.2. The molecule has 0 aromatic carbocycles. The fourth-order valence-corrected chi connectivity index (χ4v) is 5.95. The number of aryl methyl sites for hydroxylation is 1. The lowest BCUT2D eigenvalue weighted by Gasteiger charge is -2.32. The molecule has 6 atom stereocenters. The molecule has 2 bridgehead atoms. The van der Waals surface area contributed by atoms with Crippen LogP contribution in [0.3, 0.4) is 0 Å². The monoisotopic (exact) mass is 475 g/mol. The smallest absolute Gasteiger partial charge is 0.309 e. The molecule has 3 aliphatic heterocycles. The second-order valence-corrected chi connectivity index (χ2v) is 11.9. The van der Waals surface area contributed by atoms with E-state index < -0.39 is 17.6 Å². The Morgan fingerprint density at radius 2 is 1.97 bits per heavy atom. The molecule has 1 aromatic heterocycles. The van der Waals surface area contributed by atoms with Crippen molar-refractivity contribution in [3.05, 3.63) is 21.7 Å². The maximum Gasteiger partial charge on any atom is 0.309 e. The SMILES string of the molecule is C/C(=C\c1csc(C)n1)[C@@H]1C[C@@H]2O[C@]2(C)CCC[C@H]2C[C@@H](C)C(=O)C(C)(C)[C@H](CC(=O)O1)O2. The maximum atomic E-state index is 13.1. The number of hydrogen-bond acceptors (Lipinski definition) is 7. The van der Waals surface area contributed by atoms with E-state index in [4.69, 9.17) is 14.2 Å². The van der Waals surface area contributed by atoms with Crippen LogP contribution in [-0.4, -0.2) is 46.8 Å². The van der Waals surface area contributed by atoms with Crippen LogP contribution in [0.25, 0.3) is 6.08 Å². The second-order valence-electron chi connectivity index (χ2n) is 10.9. The summed E-state index contributed by atoms with van der Waals surface area (Å²) in [6.07, 6.45) is 5.32. The lowest BCUT2D eigenvalue weighted by molar-refractivity contribution is -0.157. The minimum atomic E-state index is -0.733. The van der Waals surface area contributed by atoms with Crippen molar-refractivity contribution in [1.29, 1.82) is 0 Å². The van der Waals surface area contributed by atoms with Gasteiger partial charge in [-0.15, -0.1) is 11.3 Å². The third kappa shape index (κ3) is 5.41. The number of thiazole rings is 1. The van der Waals surface area contributed by atoms with Gasteiger partial charge in [0.15, 0.2) is 0 Å². The number of aromatic nitrogens is 1. The standard InChI is InChI=1S/C26H37NO5S/c1-15(10-18-14-33-17(3)27-18)20-12-22-26(6,32-22)9-7-8-19-11-16(2)24(29)25(4,5)21(30-19)13-23(28)31-20/h10,14,16,19-22H,7-9,11-13H2,1-6H3/b15-10+/t16-,19+,20+,21+,22+,26-/m1/s1. The molecular weight excluding hydrogens is 438 g/mol. The molecule has 33 heavy (non-hydrogen) atoms. The van der Waals surface area contributed by atoms with Crippen LogP contribution in [0.15, 0.2) is 11.0 Å². The highest BCUT2D eigenvalue weighted by Gasteiger charge is 2.53. The fraction of sp³-hybridized carbons (Fsp3) is 0.731. The van der Waals surface area contributed by atoms with Crippen LogP contribution >= 0.6 is 11.3 Å².